The largest absolute Gasteiger partial charge is 0.311 e. The monoisotopic (exact) mass is 970 g/mol. The molecule has 13 aromatic carbocycles. The van der Waals surface area contributed by atoms with Crippen LogP contribution in [0.25, 0.3) is 124 Å². The first-order valence-electron chi connectivity index (χ1n) is 25.7. The van der Waals surface area contributed by atoms with Gasteiger partial charge in [-0.2, -0.15) is 0 Å². The zero-order valence-corrected chi connectivity index (χ0v) is 41.7. The van der Waals surface area contributed by atoms with Crippen LogP contribution >= 0.6 is 11.3 Å². The number of thiophene rings is 1. The summed E-state index contributed by atoms with van der Waals surface area (Å²) >= 11 is 1.89. The highest BCUT2D eigenvalue weighted by Gasteiger charge is 2.18. The molecule has 0 saturated carbocycles. The topological polar surface area (TPSA) is 8.17 Å². The van der Waals surface area contributed by atoms with Gasteiger partial charge in [0, 0.05) is 53.6 Å². The molecule has 2 nitrogen and oxygen atoms in total. The van der Waals surface area contributed by atoms with Crippen LogP contribution < -0.4 is 4.90 Å². The van der Waals surface area contributed by atoms with Gasteiger partial charge in [0.2, 0.25) is 0 Å². The first-order valence-corrected chi connectivity index (χ1v) is 26.5. The highest BCUT2D eigenvalue weighted by molar-refractivity contribution is 7.26. The van der Waals surface area contributed by atoms with E-state index in [0.29, 0.717) is 0 Å². The maximum Gasteiger partial charge on any atom is 0.0541 e. The van der Waals surface area contributed by atoms with Gasteiger partial charge in [-0.05, 0) is 138 Å². The Balaban J connectivity index is 0.781. The van der Waals surface area contributed by atoms with Crippen molar-refractivity contribution >= 4 is 103 Å². The van der Waals surface area contributed by atoms with E-state index in [1.54, 1.807) is 0 Å². The van der Waals surface area contributed by atoms with Crippen molar-refractivity contribution in [3.63, 3.8) is 0 Å². The highest BCUT2D eigenvalue weighted by Crippen LogP contribution is 2.43. The number of hydrogen-bond acceptors (Lipinski definition) is 2. The molecule has 0 saturated heterocycles. The quantitative estimate of drug-likeness (QED) is 0.138. The molecule has 0 aliphatic rings. The van der Waals surface area contributed by atoms with Crippen LogP contribution in [0, 0.1) is 0 Å². The summed E-state index contributed by atoms with van der Waals surface area (Å²) in [5.41, 5.74) is 16.4. The molecule has 0 unspecified atom stereocenters. The molecule has 350 valence electrons. The van der Waals surface area contributed by atoms with E-state index >= 15 is 0 Å². The third-order valence-corrected chi connectivity index (χ3v) is 16.6. The molecule has 0 bridgehead atoms. The van der Waals surface area contributed by atoms with Crippen LogP contribution in [0.4, 0.5) is 17.1 Å². The van der Waals surface area contributed by atoms with E-state index in [1.807, 2.05) is 11.3 Å². The summed E-state index contributed by atoms with van der Waals surface area (Å²) in [6.07, 6.45) is 0. The van der Waals surface area contributed by atoms with Crippen molar-refractivity contribution < 1.29 is 0 Å². The molecule has 0 amide bonds. The number of rotatable bonds is 8. The lowest BCUT2D eigenvalue weighted by molar-refractivity contribution is 1.18. The molecule has 15 rings (SSSR count). The maximum atomic E-state index is 2.42. The summed E-state index contributed by atoms with van der Waals surface area (Å²) in [4.78, 5) is 2.38. The average Bonchev–Trinajstić information content (AvgIpc) is 4.06. The van der Waals surface area contributed by atoms with Gasteiger partial charge in [-0.15, -0.1) is 11.3 Å². The van der Waals surface area contributed by atoms with Crippen LogP contribution in [-0.4, -0.2) is 4.57 Å². The molecule has 0 aliphatic carbocycles. The number of aromatic nitrogens is 1. The lowest BCUT2D eigenvalue weighted by atomic mass is 9.96. The molecule has 75 heavy (non-hydrogen) atoms. The Labute approximate surface area is 438 Å². The van der Waals surface area contributed by atoms with Crippen molar-refractivity contribution in [3.8, 4) is 50.2 Å². The van der Waals surface area contributed by atoms with Gasteiger partial charge < -0.3 is 9.47 Å². The van der Waals surface area contributed by atoms with Gasteiger partial charge >= 0.3 is 0 Å². The fraction of sp³-hybridized carbons (Fsp3) is 0. The molecule has 15 aromatic rings. The molecule has 2 aromatic heterocycles. The van der Waals surface area contributed by atoms with E-state index in [1.165, 1.54) is 113 Å². The first-order chi connectivity index (χ1) is 37.2. The van der Waals surface area contributed by atoms with Crippen LogP contribution in [0.2, 0.25) is 0 Å². The summed E-state index contributed by atoms with van der Waals surface area (Å²) in [7, 11) is 0. The third-order valence-electron chi connectivity index (χ3n) is 15.4. The van der Waals surface area contributed by atoms with E-state index in [2.05, 4.69) is 289 Å². The van der Waals surface area contributed by atoms with E-state index in [-0.39, 0.29) is 0 Å². The average molecular weight is 971 g/mol. The van der Waals surface area contributed by atoms with Gasteiger partial charge in [0.15, 0.2) is 0 Å². The molecule has 0 radical (unpaired) electrons. The molecule has 0 spiro atoms. The minimum absolute atomic E-state index is 1.08. The Morgan fingerprint density at radius 1 is 0.267 bits per heavy atom. The first kappa shape index (κ1) is 43.1. The van der Waals surface area contributed by atoms with Crippen molar-refractivity contribution in [2.45, 2.75) is 0 Å². The van der Waals surface area contributed by atoms with Crippen LogP contribution in [0.3, 0.4) is 0 Å². The lowest BCUT2D eigenvalue weighted by Crippen LogP contribution is -2.09. The minimum atomic E-state index is 1.08. The van der Waals surface area contributed by atoms with Gasteiger partial charge in [-0.1, -0.05) is 212 Å². The second-order valence-electron chi connectivity index (χ2n) is 19.6. The van der Waals surface area contributed by atoms with Crippen LogP contribution in [0.1, 0.15) is 0 Å². The summed E-state index contributed by atoms with van der Waals surface area (Å²) in [6.45, 7) is 0. The highest BCUT2D eigenvalue weighted by atomic mass is 32.1. The Morgan fingerprint density at radius 2 is 0.680 bits per heavy atom. The van der Waals surface area contributed by atoms with Gasteiger partial charge in [0.1, 0.15) is 0 Å². The predicted octanol–water partition coefficient (Wildman–Crippen LogP) is 20.7. The molecular formula is C72H46N2S. The fourth-order valence-corrected chi connectivity index (χ4v) is 12.9. The number of fused-ring (bicyclic) bond motifs is 11. The predicted molar refractivity (Wildman–Crippen MR) is 323 cm³/mol. The van der Waals surface area contributed by atoms with Gasteiger partial charge in [0.05, 0.1) is 16.7 Å². The zero-order valence-electron chi connectivity index (χ0n) is 40.9. The minimum Gasteiger partial charge on any atom is -0.311 e. The van der Waals surface area contributed by atoms with E-state index in [4.69, 9.17) is 0 Å². The SMILES string of the molecule is c1ccc(-n2c3ccccc3c3ccccc32)c(-c2ccc(N(c3ccc(-c4ccc(-c5ccc6c(ccc7ccccc76)c5)cc4)cc3)c3ccc(-c4ccc5c(c4)sc4c6ccccc6ccc54)cc3)cc2)c1. The fourth-order valence-electron chi connectivity index (χ4n) is 11.7. The van der Waals surface area contributed by atoms with Gasteiger partial charge in [-0.3, -0.25) is 0 Å². The normalized spacial score (nSPS) is 11.7. The second kappa shape index (κ2) is 17.6. The van der Waals surface area contributed by atoms with Crippen LogP contribution in [0.15, 0.2) is 279 Å². The van der Waals surface area contributed by atoms with Crippen molar-refractivity contribution in [2.24, 2.45) is 0 Å². The number of benzene rings is 13. The summed E-state index contributed by atoms with van der Waals surface area (Å²) in [6, 6.07) is 103. The lowest BCUT2D eigenvalue weighted by Gasteiger charge is -2.26. The van der Waals surface area contributed by atoms with Gasteiger partial charge in [0.25, 0.3) is 0 Å². The number of anilines is 3. The molecule has 0 atom stereocenters. The van der Waals surface area contributed by atoms with Crippen molar-refractivity contribution in [1.82, 2.24) is 4.57 Å². The third kappa shape index (κ3) is 7.31. The molecule has 2 heterocycles. The molecule has 0 aliphatic heterocycles. The summed E-state index contributed by atoms with van der Waals surface area (Å²) in [5.74, 6) is 0. The Bertz CT molecular complexity index is 4620. The Hall–Kier alpha value is -9.54. The molecular weight excluding hydrogens is 925 g/mol. The van der Waals surface area contributed by atoms with Crippen molar-refractivity contribution in [3.05, 3.63) is 279 Å². The van der Waals surface area contributed by atoms with Crippen molar-refractivity contribution in [1.29, 1.82) is 0 Å². The molecule has 0 N–H and O–H groups in total. The van der Waals surface area contributed by atoms with E-state index in [0.717, 1.165) is 28.3 Å². The van der Waals surface area contributed by atoms with E-state index in [9.17, 15) is 0 Å². The standard InChI is InChI=1S/C72H46N2S/c1-3-13-60-51(11-1)25-26-56-45-54(34-42-61(56)60)49-23-21-47(22-24-49)48-27-36-57(37-28-48)73(58-38-29-50(30-39-58)55-35-43-66-67-44-33-52-12-2-4-15-63(52)72(67)75-71(66)46-55)59-40-31-53(32-41-59)62-14-5-8-18-68(62)74-69-19-9-6-16-64(69)65-17-7-10-20-70(65)74/h1-46H. The molecule has 0 fully saturated rings. The zero-order chi connectivity index (χ0) is 49.4. The Morgan fingerprint density at radius 3 is 1.32 bits per heavy atom. The van der Waals surface area contributed by atoms with Crippen LogP contribution in [0.5, 0.6) is 0 Å². The summed E-state index contributed by atoms with van der Waals surface area (Å²) in [5, 5.41) is 12.9. The molecule has 3 heteroatoms. The second-order valence-corrected chi connectivity index (χ2v) is 20.7. The number of nitrogens with zero attached hydrogens (tertiary/aromatic N) is 2. The summed E-state index contributed by atoms with van der Waals surface area (Å²) < 4.78 is 5.08. The van der Waals surface area contributed by atoms with Gasteiger partial charge in [-0.25, -0.2) is 0 Å². The van der Waals surface area contributed by atoms with Crippen molar-refractivity contribution in [2.75, 3.05) is 4.90 Å². The Kier molecular flexibility index (Phi) is 10.1. The number of hydrogen-bond donors (Lipinski definition) is 0. The smallest absolute Gasteiger partial charge is 0.0541 e. The van der Waals surface area contributed by atoms with Crippen LogP contribution in [-0.2, 0) is 0 Å². The van der Waals surface area contributed by atoms with E-state index < -0.39 is 0 Å². The number of para-hydroxylation sites is 3. The maximum absolute atomic E-state index is 2.42.